The predicted molar refractivity (Wildman–Crippen MR) is 132 cm³/mol. The zero-order valence-corrected chi connectivity index (χ0v) is 19.0. The Morgan fingerprint density at radius 3 is 2.58 bits per heavy atom. The van der Waals surface area contributed by atoms with Crippen molar-refractivity contribution in [1.82, 2.24) is 14.8 Å². The third-order valence-corrected chi connectivity index (χ3v) is 5.38. The maximum atomic E-state index is 14.9. The summed E-state index contributed by atoms with van der Waals surface area (Å²) < 4.78 is 21.8. The number of ether oxygens (including phenoxy) is 1. The minimum atomic E-state index is -0.718. The lowest BCUT2D eigenvalue weighted by atomic mass is 10.2. The Balaban J connectivity index is 1.40. The molecule has 0 aliphatic carbocycles. The molecule has 0 saturated carbocycles. The fraction of sp³-hybridized carbons (Fsp3) is 0.0370. The van der Waals surface area contributed by atoms with Crippen LogP contribution >= 0.6 is 0 Å². The van der Waals surface area contributed by atoms with Crippen LogP contribution in [0.4, 0.5) is 10.1 Å². The van der Waals surface area contributed by atoms with Crippen LogP contribution < -0.4 is 15.6 Å². The normalized spacial score (nSPS) is 10.8. The number of para-hydroxylation sites is 1. The third kappa shape index (κ3) is 4.49. The second-order valence-electron chi connectivity index (χ2n) is 7.96. The maximum Gasteiger partial charge on any atom is 0.284 e. The average molecular weight is 482 g/mol. The molecule has 2 aromatic heterocycles. The van der Waals surface area contributed by atoms with Gasteiger partial charge >= 0.3 is 0 Å². The second kappa shape index (κ2) is 9.30. The number of carbonyl (C=O) groups is 1. The van der Waals surface area contributed by atoms with Gasteiger partial charge in [0, 0.05) is 29.4 Å². The highest BCUT2D eigenvalue weighted by Crippen LogP contribution is 2.32. The van der Waals surface area contributed by atoms with Crippen molar-refractivity contribution in [1.29, 1.82) is 0 Å². The van der Waals surface area contributed by atoms with E-state index in [1.807, 2.05) is 6.07 Å². The summed E-state index contributed by atoms with van der Waals surface area (Å²) in [5.41, 5.74) is 0.905. The summed E-state index contributed by atoms with van der Waals surface area (Å²) in [4.78, 5) is 30.0. The van der Waals surface area contributed by atoms with Crippen LogP contribution in [0.15, 0.2) is 89.9 Å². The van der Waals surface area contributed by atoms with Crippen LogP contribution in [-0.4, -0.2) is 25.8 Å². The Hall–Kier alpha value is -5.05. The van der Waals surface area contributed by atoms with E-state index in [0.29, 0.717) is 28.0 Å². The van der Waals surface area contributed by atoms with Crippen molar-refractivity contribution in [2.45, 2.75) is 6.92 Å². The molecule has 0 unspecified atom stereocenters. The number of aryl methyl sites for hydroxylation is 1. The van der Waals surface area contributed by atoms with Crippen LogP contribution in [0.3, 0.4) is 0 Å². The molecule has 0 aliphatic rings. The number of anilines is 1. The Kier molecular flexibility index (Phi) is 5.87. The first kappa shape index (κ1) is 22.7. The molecule has 2 N–H and O–H groups in total. The smallest absolute Gasteiger partial charge is 0.284 e. The Morgan fingerprint density at radius 1 is 1.00 bits per heavy atom. The molecular formula is C27H19FN4O4. The first-order valence-corrected chi connectivity index (χ1v) is 10.9. The van der Waals surface area contributed by atoms with E-state index in [9.17, 15) is 19.1 Å². The number of rotatable bonds is 5. The van der Waals surface area contributed by atoms with E-state index in [2.05, 4.69) is 15.4 Å². The lowest BCUT2D eigenvalue weighted by Crippen LogP contribution is -2.30. The topological polar surface area (TPSA) is 106 Å². The van der Waals surface area contributed by atoms with E-state index >= 15 is 0 Å². The van der Waals surface area contributed by atoms with Crippen LogP contribution in [0.25, 0.3) is 16.6 Å². The summed E-state index contributed by atoms with van der Waals surface area (Å²) in [6.45, 7) is 1.67. The molecule has 8 nitrogen and oxygen atoms in total. The molecule has 178 valence electrons. The number of benzene rings is 3. The summed E-state index contributed by atoms with van der Waals surface area (Å²) in [6, 6.07) is 20.2. The van der Waals surface area contributed by atoms with Crippen LogP contribution in [-0.2, 0) is 0 Å². The van der Waals surface area contributed by atoms with Gasteiger partial charge in [0.15, 0.2) is 11.6 Å². The Bertz CT molecular complexity index is 1670. The van der Waals surface area contributed by atoms with Gasteiger partial charge in [0.25, 0.3) is 11.5 Å². The van der Waals surface area contributed by atoms with Gasteiger partial charge in [0.05, 0.1) is 16.9 Å². The first-order chi connectivity index (χ1) is 17.4. The Morgan fingerprint density at radius 2 is 1.81 bits per heavy atom. The summed E-state index contributed by atoms with van der Waals surface area (Å²) in [6.07, 6.45) is 1.49. The van der Waals surface area contributed by atoms with Gasteiger partial charge in [0.1, 0.15) is 17.1 Å². The fourth-order valence-electron chi connectivity index (χ4n) is 3.70. The van der Waals surface area contributed by atoms with Crippen LogP contribution in [0.5, 0.6) is 17.2 Å². The molecular weight excluding hydrogens is 463 g/mol. The average Bonchev–Trinajstić information content (AvgIpc) is 2.87. The highest BCUT2D eigenvalue weighted by atomic mass is 19.1. The number of fused-ring (bicyclic) bond motifs is 1. The van der Waals surface area contributed by atoms with Crippen molar-refractivity contribution in [2.24, 2.45) is 0 Å². The minimum Gasteiger partial charge on any atom is -0.508 e. The molecule has 0 radical (unpaired) electrons. The lowest BCUT2D eigenvalue weighted by molar-refractivity contribution is 0.102. The SMILES string of the molecule is Cc1cc(C(=O)Nc2ccc(Oc3ccnc4cc(O)ccc34)c(F)c2)c(=O)n(-c2ccccc2)n1. The molecule has 0 atom stereocenters. The van der Waals surface area contributed by atoms with Crippen molar-refractivity contribution < 1.29 is 19.0 Å². The molecule has 0 fully saturated rings. The first-order valence-electron chi connectivity index (χ1n) is 10.9. The van der Waals surface area contributed by atoms with Crippen molar-refractivity contribution in [3.05, 3.63) is 112 Å². The number of halogens is 1. The van der Waals surface area contributed by atoms with E-state index in [1.165, 1.54) is 36.5 Å². The Labute approximate surface area is 204 Å². The molecule has 0 spiro atoms. The van der Waals surface area contributed by atoms with Crippen LogP contribution in [0, 0.1) is 12.7 Å². The number of phenols is 1. The van der Waals surface area contributed by atoms with E-state index in [-0.39, 0.29) is 22.7 Å². The summed E-state index contributed by atoms with van der Waals surface area (Å²) in [5, 5.41) is 17.0. The lowest BCUT2D eigenvalue weighted by Gasteiger charge is -2.12. The van der Waals surface area contributed by atoms with E-state index < -0.39 is 17.3 Å². The second-order valence-corrected chi connectivity index (χ2v) is 7.96. The van der Waals surface area contributed by atoms with Gasteiger partial charge in [-0.2, -0.15) is 9.78 Å². The van der Waals surface area contributed by atoms with Crippen molar-refractivity contribution in [2.75, 3.05) is 5.32 Å². The van der Waals surface area contributed by atoms with Gasteiger partial charge in [-0.1, -0.05) is 18.2 Å². The number of aromatic nitrogens is 3. The predicted octanol–water partition coefficient (Wildman–Crippen LogP) is 4.98. The van der Waals surface area contributed by atoms with Crippen LogP contribution in [0.2, 0.25) is 0 Å². The zero-order chi connectivity index (χ0) is 25.2. The van der Waals surface area contributed by atoms with Crippen molar-refractivity contribution >= 4 is 22.5 Å². The molecule has 0 bridgehead atoms. The molecule has 3 aromatic carbocycles. The maximum absolute atomic E-state index is 14.9. The molecule has 0 aliphatic heterocycles. The number of nitrogens with one attached hydrogen (secondary N) is 1. The van der Waals surface area contributed by atoms with Crippen LogP contribution in [0.1, 0.15) is 16.1 Å². The highest BCUT2D eigenvalue weighted by Gasteiger charge is 2.17. The largest absolute Gasteiger partial charge is 0.508 e. The molecule has 5 rings (SSSR count). The quantitative estimate of drug-likeness (QED) is 0.366. The molecule has 9 heteroatoms. The monoisotopic (exact) mass is 482 g/mol. The van der Waals surface area contributed by atoms with Gasteiger partial charge in [-0.05, 0) is 55.5 Å². The molecule has 2 heterocycles. The van der Waals surface area contributed by atoms with Crippen molar-refractivity contribution in [3.63, 3.8) is 0 Å². The minimum absolute atomic E-state index is 0.0540. The van der Waals surface area contributed by atoms with Gasteiger partial charge in [-0.3, -0.25) is 14.6 Å². The highest BCUT2D eigenvalue weighted by molar-refractivity contribution is 6.04. The number of hydrogen-bond donors (Lipinski definition) is 2. The van der Waals surface area contributed by atoms with Crippen molar-refractivity contribution in [3.8, 4) is 22.9 Å². The summed E-state index contributed by atoms with van der Waals surface area (Å²) in [7, 11) is 0. The number of carbonyl (C=O) groups excluding carboxylic acids is 1. The molecule has 5 aromatic rings. The van der Waals surface area contributed by atoms with Gasteiger partial charge in [-0.25, -0.2) is 4.39 Å². The van der Waals surface area contributed by atoms with E-state index in [0.717, 1.165) is 10.7 Å². The zero-order valence-electron chi connectivity index (χ0n) is 19.0. The molecule has 36 heavy (non-hydrogen) atoms. The number of pyridine rings is 1. The van der Waals surface area contributed by atoms with E-state index in [1.54, 1.807) is 43.3 Å². The number of hydrogen-bond acceptors (Lipinski definition) is 6. The molecule has 0 saturated heterocycles. The van der Waals surface area contributed by atoms with Gasteiger partial charge in [-0.15, -0.1) is 0 Å². The van der Waals surface area contributed by atoms with Gasteiger partial charge < -0.3 is 15.2 Å². The summed E-state index contributed by atoms with van der Waals surface area (Å²) >= 11 is 0. The number of amides is 1. The number of nitrogens with zero attached hydrogens (tertiary/aromatic N) is 3. The number of phenolic OH excluding ortho intramolecular Hbond substituents is 1. The summed E-state index contributed by atoms with van der Waals surface area (Å²) in [5.74, 6) is -1.07. The fourth-order valence-corrected chi connectivity index (χ4v) is 3.70. The number of aromatic hydroxyl groups is 1. The standard InChI is InChI=1S/C27H19FN4O4/c1-16-13-21(27(35)32(31-16)18-5-3-2-4-6-18)26(34)30-17-7-10-25(22(28)14-17)36-24-11-12-29-23-15-19(33)8-9-20(23)24/h2-15,33H,1H3,(H,30,34). The van der Waals surface area contributed by atoms with E-state index in [4.69, 9.17) is 4.74 Å². The van der Waals surface area contributed by atoms with Gasteiger partial charge in [0.2, 0.25) is 0 Å². The third-order valence-electron chi connectivity index (χ3n) is 5.38. The molecule has 1 amide bonds.